The molecule has 10 nitrogen and oxygen atoms in total. The minimum absolute atomic E-state index is 0.0598. The number of imidazole rings is 1. The van der Waals surface area contributed by atoms with Gasteiger partial charge in [0.05, 0.1) is 23.6 Å². The number of hydrogen-bond acceptors (Lipinski definition) is 8. The molecule has 0 aliphatic rings. The molecule has 0 amide bonds. The van der Waals surface area contributed by atoms with Crippen LogP contribution < -0.4 is 14.9 Å². The molecule has 184 valence electrons. The molecular formula is C21H21F3N8O2S. The van der Waals surface area contributed by atoms with Gasteiger partial charge in [-0.2, -0.15) is 18.2 Å². The topological polar surface area (TPSA) is 118 Å². The van der Waals surface area contributed by atoms with Crippen LogP contribution in [0.1, 0.15) is 11.1 Å². The minimum Gasteiger partial charge on any atom is -0.365 e. The van der Waals surface area contributed by atoms with Crippen molar-refractivity contribution < 1.29 is 21.6 Å². The fraction of sp³-hybridized carbons (Fsp3) is 0.238. The number of anilines is 4. The number of aryl methyl sites for hydroxylation is 1. The Morgan fingerprint density at radius 2 is 1.91 bits per heavy atom. The smallest absolute Gasteiger partial charge is 0.365 e. The maximum Gasteiger partial charge on any atom is 0.421 e. The molecule has 14 heteroatoms. The Bertz CT molecular complexity index is 1490. The van der Waals surface area contributed by atoms with Gasteiger partial charge >= 0.3 is 6.18 Å². The first-order valence-corrected chi connectivity index (χ1v) is 12.0. The first-order chi connectivity index (χ1) is 16.4. The largest absolute Gasteiger partial charge is 0.421 e. The van der Waals surface area contributed by atoms with Gasteiger partial charge < -0.3 is 15.2 Å². The Balaban J connectivity index is 1.63. The Morgan fingerprint density at radius 1 is 1.14 bits per heavy atom. The van der Waals surface area contributed by atoms with E-state index < -0.39 is 27.6 Å². The summed E-state index contributed by atoms with van der Waals surface area (Å²) >= 11 is 0. The third kappa shape index (κ3) is 5.26. The van der Waals surface area contributed by atoms with Gasteiger partial charge in [-0.15, -0.1) is 0 Å². The number of pyridine rings is 1. The van der Waals surface area contributed by atoms with Crippen LogP contribution >= 0.6 is 0 Å². The molecule has 0 fully saturated rings. The number of hydrogen-bond donors (Lipinski definition) is 2. The number of sulfonamides is 1. The summed E-state index contributed by atoms with van der Waals surface area (Å²) in [4.78, 5) is 16.2. The second-order valence-corrected chi connectivity index (χ2v) is 9.72. The van der Waals surface area contributed by atoms with E-state index in [9.17, 15) is 21.6 Å². The van der Waals surface area contributed by atoms with Gasteiger partial charge in [-0.25, -0.2) is 23.4 Å². The van der Waals surface area contributed by atoms with E-state index in [-0.39, 0.29) is 18.3 Å². The van der Waals surface area contributed by atoms with Gasteiger partial charge in [-0.1, -0.05) is 6.07 Å². The normalized spacial score (nSPS) is 12.1. The summed E-state index contributed by atoms with van der Waals surface area (Å²) < 4.78 is 67.5. The molecule has 0 atom stereocenters. The molecule has 3 aromatic heterocycles. The van der Waals surface area contributed by atoms with E-state index >= 15 is 0 Å². The lowest BCUT2D eigenvalue weighted by Crippen LogP contribution is -2.27. The van der Waals surface area contributed by atoms with Gasteiger partial charge in [0.2, 0.25) is 16.0 Å². The molecule has 0 saturated heterocycles. The summed E-state index contributed by atoms with van der Waals surface area (Å²) in [5.74, 6) is -0.437. The zero-order valence-corrected chi connectivity index (χ0v) is 19.7. The van der Waals surface area contributed by atoms with Crippen molar-refractivity contribution in [2.75, 3.05) is 28.2 Å². The van der Waals surface area contributed by atoms with Gasteiger partial charge in [0.25, 0.3) is 0 Å². The molecule has 2 N–H and O–H groups in total. The van der Waals surface area contributed by atoms with Gasteiger partial charge in [0.15, 0.2) is 0 Å². The Hall–Kier alpha value is -3.94. The van der Waals surface area contributed by atoms with Crippen LogP contribution in [0, 0.1) is 0 Å². The molecule has 4 aromatic rings. The van der Waals surface area contributed by atoms with E-state index in [4.69, 9.17) is 0 Å². The number of aromatic nitrogens is 5. The molecule has 0 bridgehead atoms. The molecule has 0 unspecified atom stereocenters. The average molecular weight is 507 g/mol. The maximum absolute atomic E-state index is 13.6. The number of alkyl halides is 3. The van der Waals surface area contributed by atoms with Crippen LogP contribution in [0.4, 0.5) is 36.4 Å². The molecule has 4 rings (SSSR count). The average Bonchev–Trinajstić information content (AvgIpc) is 3.16. The Labute approximate surface area is 198 Å². The Kier molecular flexibility index (Phi) is 6.23. The number of fused-ring (bicyclic) bond motifs is 1. The van der Waals surface area contributed by atoms with E-state index in [0.29, 0.717) is 23.0 Å². The zero-order valence-electron chi connectivity index (χ0n) is 18.9. The van der Waals surface area contributed by atoms with E-state index in [2.05, 4.69) is 30.6 Å². The lowest BCUT2D eigenvalue weighted by molar-refractivity contribution is -0.137. The van der Waals surface area contributed by atoms with Crippen molar-refractivity contribution in [3.63, 3.8) is 0 Å². The maximum atomic E-state index is 13.6. The molecule has 0 aliphatic heterocycles. The van der Waals surface area contributed by atoms with E-state index in [0.717, 1.165) is 16.1 Å². The number of nitrogens with zero attached hydrogens (tertiary/aromatic N) is 6. The predicted octanol–water partition coefficient (Wildman–Crippen LogP) is 3.53. The highest BCUT2D eigenvalue weighted by Crippen LogP contribution is 2.34. The lowest BCUT2D eigenvalue weighted by atomic mass is 10.2. The SMILES string of the molecule is CN(c1ncccc1CNc1nc(Nc2ccc3c(c2)ncn3C)ncc1C(F)(F)F)S(C)(=O)=O. The van der Waals surface area contributed by atoms with E-state index in [1.54, 1.807) is 30.6 Å². The zero-order chi connectivity index (χ0) is 25.4. The molecule has 3 heterocycles. The van der Waals surface area contributed by atoms with Crippen LogP contribution in [0.3, 0.4) is 0 Å². The van der Waals surface area contributed by atoms with Crippen molar-refractivity contribution in [2.24, 2.45) is 7.05 Å². The quantitative estimate of drug-likeness (QED) is 0.391. The number of nitrogens with one attached hydrogen (secondary N) is 2. The highest BCUT2D eigenvalue weighted by Gasteiger charge is 2.35. The van der Waals surface area contributed by atoms with Crippen molar-refractivity contribution in [1.82, 2.24) is 24.5 Å². The summed E-state index contributed by atoms with van der Waals surface area (Å²) in [6.07, 6.45) is 0.0237. The first kappa shape index (κ1) is 24.2. The van der Waals surface area contributed by atoms with E-state index in [1.807, 2.05) is 17.7 Å². The van der Waals surface area contributed by atoms with E-state index in [1.165, 1.54) is 13.2 Å². The molecule has 35 heavy (non-hydrogen) atoms. The van der Waals surface area contributed by atoms with Crippen molar-refractivity contribution in [1.29, 1.82) is 0 Å². The monoisotopic (exact) mass is 506 g/mol. The fourth-order valence-corrected chi connectivity index (χ4v) is 3.79. The summed E-state index contributed by atoms with van der Waals surface area (Å²) in [5.41, 5.74) is 1.43. The predicted molar refractivity (Wildman–Crippen MR) is 126 cm³/mol. The third-order valence-corrected chi connectivity index (χ3v) is 6.35. The highest BCUT2D eigenvalue weighted by atomic mass is 32.2. The summed E-state index contributed by atoms with van der Waals surface area (Å²) in [6.45, 7) is -0.164. The van der Waals surface area contributed by atoms with Gasteiger partial charge in [0, 0.05) is 44.3 Å². The minimum atomic E-state index is -4.71. The molecular weight excluding hydrogens is 485 g/mol. The summed E-state index contributed by atoms with van der Waals surface area (Å²) in [7, 11) is -0.467. The Morgan fingerprint density at radius 3 is 2.63 bits per heavy atom. The number of halogens is 3. The van der Waals surface area contributed by atoms with Gasteiger partial charge in [0.1, 0.15) is 17.2 Å². The lowest BCUT2D eigenvalue weighted by Gasteiger charge is -2.20. The van der Waals surface area contributed by atoms with Crippen molar-refractivity contribution in [2.45, 2.75) is 12.7 Å². The fourth-order valence-electron chi connectivity index (χ4n) is 3.32. The molecule has 0 radical (unpaired) electrons. The van der Waals surface area contributed by atoms with Crippen LogP contribution in [0.2, 0.25) is 0 Å². The van der Waals surface area contributed by atoms with Crippen molar-refractivity contribution >= 4 is 44.3 Å². The molecule has 0 spiro atoms. The number of rotatable bonds is 7. The standard InChI is InChI=1S/C21H21F3N8O2S/c1-31-12-28-16-9-14(6-7-17(16)31)29-20-27-11-15(21(22,23)24)18(30-20)26-10-13-5-4-8-25-19(13)32(2)35(3,33)34/h4-9,11-12H,10H2,1-3H3,(H2,26,27,29,30). The summed E-state index contributed by atoms with van der Waals surface area (Å²) in [6, 6.07) is 8.40. The van der Waals surface area contributed by atoms with Crippen LogP contribution in [0.15, 0.2) is 49.1 Å². The van der Waals surface area contributed by atoms with Gasteiger partial charge in [-0.3, -0.25) is 4.31 Å². The number of benzene rings is 1. The van der Waals surface area contributed by atoms with Crippen molar-refractivity contribution in [3.05, 3.63) is 60.2 Å². The third-order valence-electron chi connectivity index (χ3n) is 5.19. The van der Waals surface area contributed by atoms with Crippen LogP contribution in [0.5, 0.6) is 0 Å². The van der Waals surface area contributed by atoms with Crippen LogP contribution in [-0.4, -0.2) is 46.2 Å². The first-order valence-electron chi connectivity index (χ1n) is 10.2. The van der Waals surface area contributed by atoms with Crippen LogP contribution in [-0.2, 0) is 29.8 Å². The molecule has 0 aliphatic carbocycles. The molecule has 0 saturated carbocycles. The molecule has 1 aromatic carbocycles. The van der Waals surface area contributed by atoms with Crippen molar-refractivity contribution in [3.8, 4) is 0 Å². The van der Waals surface area contributed by atoms with Gasteiger partial charge in [-0.05, 0) is 24.3 Å². The highest BCUT2D eigenvalue weighted by molar-refractivity contribution is 7.92. The van der Waals surface area contributed by atoms with Crippen LogP contribution in [0.25, 0.3) is 11.0 Å². The second-order valence-electron chi connectivity index (χ2n) is 7.71. The second kappa shape index (κ2) is 9.02. The summed E-state index contributed by atoms with van der Waals surface area (Å²) in [5, 5.41) is 5.55.